The summed E-state index contributed by atoms with van der Waals surface area (Å²) in [6.07, 6.45) is 9.78. The van der Waals surface area contributed by atoms with Gasteiger partial charge >= 0.3 is 5.97 Å². The first-order valence-electron chi connectivity index (χ1n) is 11.8. The van der Waals surface area contributed by atoms with Gasteiger partial charge in [-0.1, -0.05) is 54.8 Å². The first-order chi connectivity index (χ1) is 15.2. The molecule has 1 saturated carbocycles. The summed E-state index contributed by atoms with van der Waals surface area (Å²) in [5.74, 6) is -0.707. The van der Waals surface area contributed by atoms with Crippen molar-refractivity contribution in [3.8, 4) is 0 Å². The van der Waals surface area contributed by atoms with Gasteiger partial charge in [0.05, 0.1) is 12.3 Å². The van der Waals surface area contributed by atoms with Gasteiger partial charge in [0.1, 0.15) is 6.26 Å². The molecule has 1 aliphatic heterocycles. The van der Waals surface area contributed by atoms with Crippen molar-refractivity contribution in [2.24, 2.45) is 5.92 Å². The normalized spacial score (nSPS) is 20.9. The maximum absolute atomic E-state index is 13.4. The summed E-state index contributed by atoms with van der Waals surface area (Å²) < 4.78 is 10.9. The molecule has 1 aromatic heterocycles. The minimum Gasteiger partial charge on any atom is -0.463 e. The Kier molecular flexibility index (Phi) is 7.41. The third-order valence-electron chi connectivity index (χ3n) is 7.01. The number of likely N-dealkylation sites (tertiary alicyclic amines) is 1. The molecule has 4 rings (SSSR count). The monoisotopic (exact) mass is 426 g/mol. The number of carbonyl (C=O) groups is 1. The van der Waals surface area contributed by atoms with Gasteiger partial charge in [-0.3, -0.25) is 0 Å². The van der Waals surface area contributed by atoms with Crippen LogP contribution < -0.4 is 0 Å². The maximum Gasteiger partial charge on any atom is 0.343 e. The van der Waals surface area contributed by atoms with E-state index in [0.717, 1.165) is 63.9 Å². The molecule has 2 aliphatic rings. The predicted molar refractivity (Wildman–Crippen MR) is 117 cm³/mol. The van der Waals surface area contributed by atoms with Crippen LogP contribution in [0.4, 0.5) is 0 Å². The second-order valence-electron chi connectivity index (χ2n) is 9.02. The lowest BCUT2D eigenvalue weighted by Crippen LogP contribution is -2.45. The molecule has 1 aromatic carbocycles. The lowest BCUT2D eigenvalue weighted by molar-refractivity contribution is -0.176. The summed E-state index contributed by atoms with van der Waals surface area (Å²) in [6, 6.07) is 11.1. The number of rotatable bonds is 9. The molecule has 31 heavy (non-hydrogen) atoms. The summed E-state index contributed by atoms with van der Waals surface area (Å²) in [4.78, 5) is 15.8. The second-order valence-corrected chi connectivity index (χ2v) is 9.02. The molecule has 0 spiro atoms. The van der Waals surface area contributed by atoms with Crippen LogP contribution in [0.15, 0.2) is 47.2 Å². The Labute approximate surface area is 184 Å². The van der Waals surface area contributed by atoms with E-state index in [1.807, 2.05) is 36.4 Å². The number of hydrogen-bond acceptors (Lipinski definition) is 6. The maximum atomic E-state index is 13.4. The number of aliphatic hydroxyl groups is 1. The molecule has 2 heterocycles. The molecular weight excluding hydrogens is 392 g/mol. The third-order valence-corrected chi connectivity index (χ3v) is 7.01. The second kappa shape index (κ2) is 10.4. The van der Waals surface area contributed by atoms with Gasteiger partial charge in [-0.15, -0.1) is 0 Å². The van der Waals surface area contributed by atoms with Crippen molar-refractivity contribution in [1.29, 1.82) is 0 Å². The van der Waals surface area contributed by atoms with Crippen molar-refractivity contribution in [2.45, 2.75) is 62.9 Å². The molecule has 6 heteroatoms. The number of ether oxygens (including phenoxy) is 1. The molecular formula is C25H34N2O4. The van der Waals surface area contributed by atoms with E-state index in [0.29, 0.717) is 5.56 Å². The Morgan fingerprint density at radius 1 is 1.13 bits per heavy atom. The van der Waals surface area contributed by atoms with Crippen molar-refractivity contribution in [3.63, 3.8) is 0 Å². The van der Waals surface area contributed by atoms with Gasteiger partial charge in [0.2, 0.25) is 0 Å². The number of esters is 1. The molecule has 0 amide bonds. The molecule has 1 saturated heterocycles. The van der Waals surface area contributed by atoms with Gasteiger partial charge in [-0.05, 0) is 57.3 Å². The van der Waals surface area contributed by atoms with Crippen molar-refractivity contribution < 1.29 is 19.2 Å². The molecule has 1 aliphatic carbocycles. The van der Waals surface area contributed by atoms with Crippen molar-refractivity contribution >= 4 is 5.97 Å². The highest BCUT2D eigenvalue weighted by Gasteiger charge is 2.47. The fourth-order valence-electron chi connectivity index (χ4n) is 5.11. The van der Waals surface area contributed by atoms with Gasteiger partial charge in [0.15, 0.2) is 5.60 Å². The van der Waals surface area contributed by atoms with Crippen molar-refractivity contribution in [3.05, 3.63) is 53.9 Å². The van der Waals surface area contributed by atoms with E-state index in [9.17, 15) is 9.90 Å². The molecule has 2 fully saturated rings. The number of benzene rings is 1. The molecule has 2 aromatic rings. The van der Waals surface area contributed by atoms with E-state index in [-0.39, 0.29) is 18.4 Å². The Morgan fingerprint density at radius 2 is 1.87 bits per heavy atom. The highest BCUT2D eigenvalue weighted by atomic mass is 16.6. The third kappa shape index (κ3) is 5.18. The minimum absolute atomic E-state index is 0.0466. The van der Waals surface area contributed by atoms with E-state index in [1.54, 1.807) is 6.26 Å². The van der Waals surface area contributed by atoms with E-state index in [2.05, 4.69) is 10.1 Å². The number of nitrogens with zero attached hydrogens (tertiary/aromatic N) is 2. The zero-order chi connectivity index (χ0) is 21.5. The van der Waals surface area contributed by atoms with Crippen LogP contribution in [0.1, 0.15) is 68.5 Å². The zero-order valence-electron chi connectivity index (χ0n) is 18.2. The fraction of sp³-hybridized carbons (Fsp3) is 0.600. The number of carbonyl (C=O) groups excluding carboxylic acids is 1. The Morgan fingerprint density at radius 3 is 2.55 bits per heavy atom. The molecule has 2 atom stereocenters. The molecule has 0 radical (unpaired) electrons. The summed E-state index contributed by atoms with van der Waals surface area (Å²) in [5.41, 5.74) is -0.180. The summed E-state index contributed by atoms with van der Waals surface area (Å²) >= 11 is 0. The Balaban J connectivity index is 1.47. The van der Waals surface area contributed by atoms with Gasteiger partial charge in [-0.25, -0.2) is 4.79 Å². The van der Waals surface area contributed by atoms with Gasteiger partial charge in [0, 0.05) is 17.9 Å². The first kappa shape index (κ1) is 22.0. The summed E-state index contributed by atoms with van der Waals surface area (Å²) in [7, 11) is 0. The highest BCUT2D eigenvalue weighted by molar-refractivity contribution is 5.81. The summed E-state index contributed by atoms with van der Waals surface area (Å²) in [6.45, 7) is 3.39. The van der Waals surface area contributed by atoms with E-state index < -0.39 is 11.6 Å². The van der Waals surface area contributed by atoms with Gasteiger partial charge < -0.3 is 19.3 Å². The topological polar surface area (TPSA) is 75.8 Å². The van der Waals surface area contributed by atoms with Crippen LogP contribution in [0.3, 0.4) is 0 Å². The molecule has 1 N–H and O–H groups in total. The van der Waals surface area contributed by atoms with E-state index in [1.165, 1.54) is 12.8 Å². The average Bonchev–Trinajstić information content (AvgIpc) is 3.54. The SMILES string of the molecule is O=C(OC[C@H](CCN1CCCC1)c1ccon1)C(O)(c1ccccc1)C1CCCCC1. The van der Waals surface area contributed by atoms with Crippen LogP contribution in [-0.4, -0.2) is 47.4 Å². The van der Waals surface area contributed by atoms with Crippen molar-refractivity contribution in [2.75, 3.05) is 26.2 Å². The lowest BCUT2D eigenvalue weighted by atomic mass is 9.73. The molecule has 168 valence electrons. The predicted octanol–water partition coefficient (Wildman–Crippen LogP) is 4.26. The standard InChI is InChI=1S/C25H34N2O4/c28-24(25(29,21-9-3-1-4-10-21)22-11-5-2-6-12-22)30-19-20(23-14-18-31-26-23)13-17-27-15-7-8-16-27/h1,3-4,9-10,14,18,20,22,29H,2,5-8,11-13,15-17,19H2/t20-,25?/m0/s1. The van der Waals surface area contributed by atoms with Crippen LogP contribution in [0.25, 0.3) is 0 Å². The first-order valence-corrected chi connectivity index (χ1v) is 11.8. The van der Waals surface area contributed by atoms with E-state index >= 15 is 0 Å². The quantitative estimate of drug-likeness (QED) is 0.604. The smallest absolute Gasteiger partial charge is 0.343 e. The van der Waals surface area contributed by atoms with Gasteiger partial charge in [0.25, 0.3) is 0 Å². The number of aromatic nitrogens is 1. The lowest BCUT2D eigenvalue weighted by Gasteiger charge is -2.37. The summed E-state index contributed by atoms with van der Waals surface area (Å²) in [5, 5.41) is 15.8. The minimum atomic E-state index is -1.61. The Hall–Kier alpha value is -2.18. The zero-order valence-corrected chi connectivity index (χ0v) is 18.2. The van der Waals surface area contributed by atoms with E-state index in [4.69, 9.17) is 9.26 Å². The Bertz CT molecular complexity index is 798. The van der Waals surface area contributed by atoms with Crippen LogP contribution in [0.5, 0.6) is 0 Å². The van der Waals surface area contributed by atoms with Crippen LogP contribution in [-0.2, 0) is 15.1 Å². The van der Waals surface area contributed by atoms with Gasteiger partial charge in [-0.2, -0.15) is 0 Å². The molecule has 6 nitrogen and oxygen atoms in total. The highest BCUT2D eigenvalue weighted by Crippen LogP contribution is 2.40. The molecule has 0 bridgehead atoms. The van der Waals surface area contributed by atoms with Crippen LogP contribution in [0.2, 0.25) is 0 Å². The van der Waals surface area contributed by atoms with Crippen LogP contribution >= 0.6 is 0 Å². The fourth-order valence-corrected chi connectivity index (χ4v) is 5.11. The molecule has 1 unspecified atom stereocenters. The average molecular weight is 427 g/mol. The van der Waals surface area contributed by atoms with Crippen molar-refractivity contribution in [1.82, 2.24) is 10.1 Å². The largest absolute Gasteiger partial charge is 0.463 e. The van der Waals surface area contributed by atoms with Crippen LogP contribution in [0, 0.1) is 5.92 Å². The number of hydrogen-bond donors (Lipinski definition) is 1.